The summed E-state index contributed by atoms with van der Waals surface area (Å²) in [7, 11) is 3.38. The molecule has 0 radical (unpaired) electrons. The highest BCUT2D eigenvalue weighted by Gasteiger charge is 2.06. The van der Waals surface area contributed by atoms with Gasteiger partial charge < -0.3 is 14.6 Å². The Bertz CT molecular complexity index is 307. The molecule has 0 saturated carbocycles. The first-order valence-electron chi connectivity index (χ1n) is 4.61. The fourth-order valence-electron chi connectivity index (χ4n) is 1.19. The van der Waals surface area contributed by atoms with Gasteiger partial charge in [-0.25, -0.2) is 4.79 Å². The molecule has 4 nitrogen and oxygen atoms in total. The lowest BCUT2D eigenvalue weighted by Crippen LogP contribution is -2.36. The molecule has 1 aromatic rings. The first kappa shape index (κ1) is 10.6. The second-order valence-electron chi connectivity index (χ2n) is 3.24. The zero-order chi connectivity index (χ0) is 10.6. The van der Waals surface area contributed by atoms with E-state index in [0.29, 0.717) is 6.54 Å². The average molecular weight is 196 g/mol. The van der Waals surface area contributed by atoms with Crippen molar-refractivity contribution in [2.45, 2.75) is 13.3 Å². The van der Waals surface area contributed by atoms with Gasteiger partial charge in [-0.05, 0) is 19.1 Å². The Hall–Kier alpha value is -1.45. The quantitative estimate of drug-likeness (QED) is 0.794. The topological polar surface area (TPSA) is 45.5 Å². The second-order valence-corrected chi connectivity index (χ2v) is 3.24. The summed E-state index contributed by atoms with van der Waals surface area (Å²) in [5.74, 6) is 1.82. The minimum absolute atomic E-state index is 0.0757. The van der Waals surface area contributed by atoms with E-state index in [0.717, 1.165) is 17.9 Å². The van der Waals surface area contributed by atoms with Gasteiger partial charge in [-0.2, -0.15) is 0 Å². The van der Waals surface area contributed by atoms with Gasteiger partial charge in [0.2, 0.25) is 0 Å². The van der Waals surface area contributed by atoms with Gasteiger partial charge >= 0.3 is 6.03 Å². The average Bonchev–Trinajstić information content (AvgIpc) is 2.59. The number of amides is 2. The van der Waals surface area contributed by atoms with Crippen molar-refractivity contribution in [3.8, 4) is 0 Å². The van der Waals surface area contributed by atoms with Crippen molar-refractivity contribution < 1.29 is 9.21 Å². The molecular weight excluding hydrogens is 180 g/mol. The zero-order valence-corrected chi connectivity index (χ0v) is 8.83. The zero-order valence-electron chi connectivity index (χ0n) is 8.83. The molecule has 0 aliphatic carbocycles. The second kappa shape index (κ2) is 4.69. The van der Waals surface area contributed by atoms with Gasteiger partial charge in [-0.3, -0.25) is 0 Å². The highest BCUT2D eigenvalue weighted by molar-refractivity contribution is 5.73. The molecule has 1 heterocycles. The van der Waals surface area contributed by atoms with Gasteiger partial charge in [-0.15, -0.1) is 0 Å². The standard InChI is InChI=1S/C10H16N2O2/c1-8-4-5-9(14-8)6-7-12(3)10(13)11-2/h4-5H,6-7H2,1-3H3,(H,11,13). The normalized spacial score (nSPS) is 9.93. The molecule has 0 aromatic carbocycles. The van der Waals surface area contributed by atoms with Crippen LogP contribution in [0.3, 0.4) is 0 Å². The van der Waals surface area contributed by atoms with E-state index in [-0.39, 0.29) is 6.03 Å². The van der Waals surface area contributed by atoms with Crippen LogP contribution in [0.2, 0.25) is 0 Å². The predicted molar refractivity (Wildman–Crippen MR) is 54.2 cm³/mol. The largest absolute Gasteiger partial charge is 0.466 e. The third-order valence-electron chi connectivity index (χ3n) is 2.05. The van der Waals surface area contributed by atoms with Gasteiger partial charge in [0.15, 0.2) is 0 Å². The number of furan rings is 1. The van der Waals surface area contributed by atoms with Crippen LogP contribution in [0.1, 0.15) is 11.5 Å². The summed E-state index contributed by atoms with van der Waals surface area (Å²) in [5, 5.41) is 2.56. The molecule has 0 spiro atoms. The Morgan fingerprint density at radius 3 is 2.79 bits per heavy atom. The first-order valence-corrected chi connectivity index (χ1v) is 4.61. The van der Waals surface area contributed by atoms with Crippen LogP contribution in [0.15, 0.2) is 16.5 Å². The monoisotopic (exact) mass is 196 g/mol. The third-order valence-corrected chi connectivity index (χ3v) is 2.05. The van der Waals surface area contributed by atoms with E-state index in [4.69, 9.17) is 4.42 Å². The van der Waals surface area contributed by atoms with Gasteiger partial charge in [0.25, 0.3) is 0 Å². The summed E-state index contributed by atoms with van der Waals surface area (Å²) in [4.78, 5) is 12.7. The molecule has 78 valence electrons. The van der Waals surface area contributed by atoms with Crippen molar-refractivity contribution in [3.05, 3.63) is 23.7 Å². The summed E-state index contributed by atoms with van der Waals surface area (Å²) < 4.78 is 5.39. The maximum absolute atomic E-state index is 11.1. The van der Waals surface area contributed by atoms with Crippen molar-refractivity contribution in [1.82, 2.24) is 10.2 Å². The van der Waals surface area contributed by atoms with Crippen LogP contribution in [0, 0.1) is 6.92 Å². The Labute approximate surface area is 83.9 Å². The van der Waals surface area contributed by atoms with Crippen LogP contribution in [0.25, 0.3) is 0 Å². The highest BCUT2D eigenvalue weighted by Crippen LogP contribution is 2.07. The Balaban J connectivity index is 2.37. The number of carbonyl (C=O) groups is 1. The molecular formula is C10H16N2O2. The maximum Gasteiger partial charge on any atom is 0.316 e. The van der Waals surface area contributed by atoms with Gasteiger partial charge in [0.05, 0.1) is 0 Å². The van der Waals surface area contributed by atoms with E-state index in [1.54, 1.807) is 19.0 Å². The van der Waals surface area contributed by atoms with Gasteiger partial charge in [0.1, 0.15) is 11.5 Å². The summed E-state index contributed by atoms with van der Waals surface area (Å²) in [6.45, 7) is 2.57. The Kier molecular flexibility index (Phi) is 3.56. The molecule has 1 N–H and O–H groups in total. The Morgan fingerprint density at radius 2 is 2.29 bits per heavy atom. The SMILES string of the molecule is CNC(=O)N(C)CCc1ccc(C)o1. The summed E-state index contributed by atoms with van der Waals surface area (Å²) in [6.07, 6.45) is 0.748. The third kappa shape index (κ3) is 2.80. The molecule has 0 fully saturated rings. The molecule has 1 aromatic heterocycles. The van der Waals surface area contributed by atoms with E-state index in [1.807, 2.05) is 19.1 Å². The molecule has 1 rings (SSSR count). The van der Waals surface area contributed by atoms with Crippen LogP contribution in [-0.2, 0) is 6.42 Å². The fourth-order valence-corrected chi connectivity index (χ4v) is 1.19. The maximum atomic E-state index is 11.1. The summed E-state index contributed by atoms with van der Waals surface area (Å²) in [5.41, 5.74) is 0. The van der Waals surface area contributed by atoms with Gasteiger partial charge in [0, 0.05) is 27.1 Å². The van der Waals surface area contributed by atoms with Crippen LogP contribution < -0.4 is 5.32 Å². The van der Waals surface area contributed by atoms with Gasteiger partial charge in [-0.1, -0.05) is 0 Å². The number of hydrogen-bond acceptors (Lipinski definition) is 2. The molecule has 0 aliphatic rings. The van der Waals surface area contributed by atoms with E-state index >= 15 is 0 Å². The number of urea groups is 1. The lowest BCUT2D eigenvalue weighted by molar-refractivity contribution is 0.211. The van der Waals surface area contributed by atoms with Crippen LogP contribution in [0.4, 0.5) is 4.79 Å². The predicted octanol–water partition coefficient (Wildman–Crippen LogP) is 1.40. The number of carbonyl (C=O) groups excluding carboxylic acids is 1. The van der Waals surface area contributed by atoms with E-state index in [9.17, 15) is 4.79 Å². The number of hydrogen-bond donors (Lipinski definition) is 1. The minimum Gasteiger partial charge on any atom is -0.466 e. The number of rotatable bonds is 3. The van der Waals surface area contributed by atoms with Crippen LogP contribution in [0.5, 0.6) is 0 Å². The van der Waals surface area contributed by atoms with E-state index < -0.39 is 0 Å². The van der Waals surface area contributed by atoms with Crippen LogP contribution >= 0.6 is 0 Å². The molecule has 0 aliphatic heterocycles. The highest BCUT2D eigenvalue weighted by atomic mass is 16.3. The number of nitrogens with one attached hydrogen (secondary N) is 1. The Morgan fingerprint density at radius 1 is 1.57 bits per heavy atom. The molecule has 0 bridgehead atoms. The molecule has 2 amide bonds. The van der Waals surface area contributed by atoms with Crippen molar-refractivity contribution in [2.75, 3.05) is 20.6 Å². The number of likely N-dealkylation sites (N-methyl/N-ethyl adjacent to an activating group) is 1. The van der Waals surface area contributed by atoms with Crippen molar-refractivity contribution >= 4 is 6.03 Å². The molecule has 0 unspecified atom stereocenters. The number of aryl methyl sites for hydroxylation is 1. The van der Waals surface area contributed by atoms with Crippen LogP contribution in [-0.4, -0.2) is 31.6 Å². The lowest BCUT2D eigenvalue weighted by atomic mass is 10.3. The summed E-state index contributed by atoms with van der Waals surface area (Å²) in [6, 6.07) is 3.79. The van der Waals surface area contributed by atoms with Crippen molar-refractivity contribution in [3.63, 3.8) is 0 Å². The van der Waals surface area contributed by atoms with Crippen molar-refractivity contribution in [2.24, 2.45) is 0 Å². The van der Waals surface area contributed by atoms with E-state index in [2.05, 4.69) is 5.32 Å². The van der Waals surface area contributed by atoms with E-state index in [1.165, 1.54) is 0 Å². The summed E-state index contributed by atoms with van der Waals surface area (Å²) >= 11 is 0. The number of nitrogens with zero attached hydrogens (tertiary/aromatic N) is 1. The lowest BCUT2D eigenvalue weighted by Gasteiger charge is -2.15. The minimum atomic E-state index is -0.0757. The van der Waals surface area contributed by atoms with Crippen molar-refractivity contribution in [1.29, 1.82) is 0 Å². The molecule has 14 heavy (non-hydrogen) atoms. The smallest absolute Gasteiger partial charge is 0.316 e. The fraction of sp³-hybridized carbons (Fsp3) is 0.500. The first-order chi connectivity index (χ1) is 6.63. The molecule has 0 saturated heterocycles. The molecule has 0 atom stereocenters. The molecule has 4 heteroatoms.